The van der Waals surface area contributed by atoms with Gasteiger partial charge in [0.1, 0.15) is 4.21 Å². The number of carbonyl (C=O) groups is 1. The molecule has 0 aliphatic rings. The standard InChI is InChI=1S/C9H11BrO4S2/c1-3-6(9(11)14-2)16(12,13)8-5-4-7(10)15-8/h4-6H,3H2,1-2H3. The summed E-state index contributed by atoms with van der Waals surface area (Å²) >= 11 is 4.27. The highest BCUT2D eigenvalue weighted by Crippen LogP contribution is 2.29. The molecule has 0 aliphatic heterocycles. The maximum absolute atomic E-state index is 12.1. The van der Waals surface area contributed by atoms with Gasteiger partial charge in [-0.15, -0.1) is 11.3 Å². The van der Waals surface area contributed by atoms with Gasteiger partial charge in [0, 0.05) is 0 Å². The molecule has 1 aromatic heterocycles. The second kappa shape index (κ2) is 5.29. The Hall–Kier alpha value is -0.400. The van der Waals surface area contributed by atoms with Crippen molar-refractivity contribution in [1.29, 1.82) is 0 Å². The number of hydrogen-bond donors (Lipinski definition) is 0. The molecule has 0 N–H and O–H groups in total. The molecule has 0 bridgehead atoms. The first-order valence-corrected chi connectivity index (χ1v) is 7.66. The monoisotopic (exact) mass is 326 g/mol. The third-order valence-electron chi connectivity index (χ3n) is 2.04. The zero-order valence-electron chi connectivity index (χ0n) is 8.77. The number of carbonyl (C=O) groups excluding carboxylic acids is 1. The van der Waals surface area contributed by atoms with Gasteiger partial charge in [0.15, 0.2) is 5.25 Å². The molecule has 1 aromatic rings. The number of thiophene rings is 1. The Morgan fingerprint density at radius 1 is 1.56 bits per heavy atom. The summed E-state index contributed by atoms with van der Waals surface area (Å²) in [6, 6.07) is 3.12. The molecule has 0 spiro atoms. The van der Waals surface area contributed by atoms with Crippen molar-refractivity contribution in [2.24, 2.45) is 0 Å². The van der Waals surface area contributed by atoms with E-state index < -0.39 is 21.1 Å². The van der Waals surface area contributed by atoms with Gasteiger partial charge in [-0.1, -0.05) is 6.92 Å². The molecule has 0 radical (unpaired) electrons. The van der Waals surface area contributed by atoms with Crippen molar-refractivity contribution in [2.75, 3.05) is 7.11 Å². The average molecular weight is 327 g/mol. The van der Waals surface area contributed by atoms with Crippen molar-refractivity contribution in [1.82, 2.24) is 0 Å². The first-order chi connectivity index (χ1) is 7.43. The average Bonchev–Trinajstić information content (AvgIpc) is 2.65. The highest BCUT2D eigenvalue weighted by Gasteiger charge is 2.34. The summed E-state index contributed by atoms with van der Waals surface area (Å²) in [5.41, 5.74) is 0. The Morgan fingerprint density at radius 3 is 2.56 bits per heavy atom. The van der Waals surface area contributed by atoms with E-state index in [-0.39, 0.29) is 10.6 Å². The molecule has 16 heavy (non-hydrogen) atoms. The normalized spacial score (nSPS) is 13.4. The van der Waals surface area contributed by atoms with Crippen molar-refractivity contribution < 1.29 is 17.9 Å². The van der Waals surface area contributed by atoms with Crippen LogP contribution >= 0.6 is 27.3 Å². The highest BCUT2D eigenvalue weighted by atomic mass is 79.9. The molecule has 7 heteroatoms. The van der Waals surface area contributed by atoms with E-state index in [9.17, 15) is 13.2 Å². The molecule has 0 amide bonds. The quantitative estimate of drug-likeness (QED) is 0.796. The Balaban J connectivity index is 3.14. The maximum Gasteiger partial charge on any atom is 0.324 e. The van der Waals surface area contributed by atoms with E-state index in [4.69, 9.17) is 0 Å². The first-order valence-electron chi connectivity index (χ1n) is 4.50. The van der Waals surface area contributed by atoms with Crippen LogP contribution in [0.25, 0.3) is 0 Å². The number of halogens is 1. The number of esters is 1. The number of rotatable bonds is 4. The molecule has 0 aliphatic carbocycles. The van der Waals surface area contributed by atoms with Crippen molar-refractivity contribution in [3.8, 4) is 0 Å². The van der Waals surface area contributed by atoms with E-state index in [1.807, 2.05) is 0 Å². The largest absolute Gasteiger partial charge is 0.468 e. The van der Waals surface area contributed by atoms with Gasteiger partial charge in [0.25, 0.3) is 0 Å². The zero-order chi connectivity index (χ0) is 12.3. The fourth-order valence-corrected chi connectivity index (χ4v) is 5.09. The van der Waals surface area contributed by atoms with E-state index in [2.05, 4.69) is 20.7 Å². The summed E-state index contributed by atoms with van der Waals surface area (Å²) in [6.45, 7) is 1.64. The summed E-state index contributed by atoms with van der Waals surface area (Å²) in [5, 5.41) is -1.12. The smallest absolute Gasteiger partial charge is 0.324 e. The molecular weight excluding hydrogens is 316 g/mol. The van der Waals surface area contributed by atoms with Gasteiger partial charge < -0.3 is 4.74 Å². The maximum atomic E-state index is 12.1. The van der Waals surface area contributed by atoms with Crippen LogP contribution in [0.3, 0.4) is 0 Å². The lowest BCUT2D eigenvalue weighted by Gasteiger charge is -2.11. The van der Waals surface area contributed by atoms with Gasteiger partial charge in [0.2, 0.25) is 9.84 Å². The van der Waals surface area contributed by atoms with Gasteiger partial charge in [-0.25, -0.2) is 8.42 Å². The number of hydrogen-bond acceptors (Lipinski definition) is 5. The SMILES string of the molecule is CCC(C(=O)OC)S(=O)(=O)c1ccc(Br)s1. The fraction of sp³-hybridized carbons (Fsp3) is 0.444. The molecule has 1 heterocycles. The van der Waals surface area contributed by atoms with E-state index in [1.54, 1.807) is 13.0 Å². The van der Waals surface area contributed by atoms with Crippen LogP contribution < -0.4 is 0 Å². The minimum Gasteiger partial charge on any atom is -0.468 e. The van der Waals surface area contributed by atoms with Crippen molar-refractivity contribution in [3.05, 3.63) is 15.9 Å². The lowest BCUT2D eigenvalue weighted by atomic mass is 10.3. The zero-order valence-corrected chi connectivity index (χ0v) is 12.0. The first kappa shape index (κ1) is 13.7. The van der Waals surface area contributed by atoms with Gasteiger partial charge in [-0.05, 0) is 34.5 Å². The molecule has 90 valence electrons. The molecule has 1 unspecified atom stereocenters. The Bertz CT molecular complexity index is 477. The van der Waals surface area contributed by atoms with E-state index >= 15 is 0 Å². The van der Waals surface area contributed by atoms with Crippen molar-refractivity contribution in [3.63, 3.8) is 0 Å². The van der Waals surface area contributed by atoms with Gasteiger partial charge in [-0.3, -0.25) is 4.79 Å². The second-order valence-electron chi connectivity index (χ2n) is 3.02. The summed E-state index contributed by atoms with van der Waals surface area (Å²) in [7, 11) is -2.44. The Labute approximate surface area is 107 Å². The fourth-order valence-electron chi connectivity index (χ4n) is 1.24. The van der Waals surface area contributed by atoms with Crippen LogP contribution in [0.4, 0.5) is 0 Å². The van der Waals surface area contributed by atoms with Crippen LogP contribution in [0.5, 0.6) is 0 Å². The number of ether oxygens (including phenoxy) is 1. The summed E-state index contributed by atoms with van der Waals surface area (Å²) < 4.78 is 29.5. The van der Waals surface area contributed by atoms with Crippen LogP contribution in [-0.4, -0.2) is 26.7 Å². The third-order valence-corrected chi connectivity index (χ3v) is 6.38. The molecular formula is C9H11BrO4S2. The van der Waals surface area contributed by atoms with Crippen molar-refractivity contribution in [2.45, 2.75) is 22.8 Å². The highest BCUT2D eigenvalue weighted by molar-refractivity contribution is 9.11. The van der Waals surface area contributed by atoms with Crippen LogP contribution in [0.2, 0.25) is 0 Å². The molecule has 0 fully saturated rings. The second-order valence-corrected chi connectivity index (χ2v) is 7.84. The van der Waals surface area contributed by atoms with Crippen molar-refractivity contribution >= 4 is 43.1 Å². The molecule has 0 saturated carbocycles. The molecule has 4 nitrogen and oxygen atoms in total. The Morgan fingerprint density at radius 2 is 2.19 bits per heavy atom. The molecule has 1 atom stereocenters. The third kappa shape index (κ3) is 2.64. The van der Waals surface area contributed by atoms with Crippen LogP contribution in [0.1, 0.15) is 13.3 Å². The van der Waals surface area contributed by atoms with E-state index in [0.29, 0.717) is 3.79 Å². The topological polar surface area (TPSA) is 60.4 Å². The van der Waals surface area contributed by atoms with Crippen LogP contribution in [0, 0.1) is 0 Å². The number of sulfone groups is 1. The van der Waals surface area contributed by atoms with Gasteiger partial charge >= 0.3 is 5.97 Å². The van der Waals surface area contributed by atoms with Crippen LogP contribution in [0.15, 0.2) is 20.1 Å². The predicted molar refractivity (Wildman–Crippen MR) is 65.3 cm³/mol. The summed E-state index contributed by atoms with van der Waals surface area (Å²) in [6.07, 6.45) is 0.199. The minimum atomic E-state index is -3.63. The lowest BCUT2D eigenvalue weighted by Crippen LogP contribution is -2.30. The van der Waals surface area contributed by atoms with E-state index in [0.717, 1.165) is 11.3 Å². The van der Waals surface area contributed by atoms with Gasteiger partial charge in [-0.2, -0.15) is 0 Å². The van der Waals surface area contributed by atoms with E-state index in [1.165, 1.54) is 13.2 Å². The molecule has 0 saturated heterocycles. The minimum absolute atomic E-state index is 0.177. The number of methoxy groups -OCH3 is 1. The lowest BCUT2D eigenvalue weighted by molar-refractivity contribution is -0.140. The Kier molecular flexibility index (Phi) is 4.52. The molecule has 0 aromatic carbocycles. The summed E-state index contributed by atoms with van der Waals surface area (Å²) in [4.78, 5) is 11.4. The van der Waals surface area contributed by atoms with Crippen LogP contribution in [-0.2, 0) is 19.4 Å². The predicted octanol–water partition coefficient (Wildman–Crippen LogP) is 2.24. The van der Waals surface area contributed by atoms with Gasteiger partial charge in [0.05, 0.1) is 10.9 Å². The summed E-state index contributed by atoms with van der Waals surface area (Å²) in [5.74, 6) is -0.716. The molecule has 1 rings (SSSR count).